The SMILES string of the molecule is CC(C)(C)c1nc(CCN=C(N)Nc2ccc3c(c2)OCCCO3)cs1.I. The number of aromatic nitrogens is 1. The highest BCUT2D eigenvalue weighted by atomic mass is 127. The molecule has 0 fully saturated rings. The molecule has 0 atom stereocenters. The molecule has 0 saturated carbocycles. The van der Waals surface area contributed by atoms with E-state index in [0.29, 0.717) is 25.7 Å². The van der Waals surface area contributed by atoms with E-state index in [1.165, 1.54) is 0 Å². The number of halogens is 1. The minimum Gasteiger partial charge on any atom is -0.490 e. The van der Waals surface area contributed by atoms with E-state index < -0.39 is 0 Å². The molecule has 1 aromatic heterocycles. The summed E-state index contributed by atoms with van der Waals surface area (Å²) in [5.74, 6) is 1.88. The van der Waals surface area contributed by atoms with Crippen LogP contribution < -0.4 is 20.5 Å². The Hall–Kier alpha value is -1.55. The highest BCUT2D eigenvalue weighted by molar-refractivity contribution is 14.0. The number of guanidine groups is 1. The number of aliphatic imine (C=N–C) groups is 1. The Labute approximate surface area is 181 Å². The van der Waals surface area contributed by atoms with Gasteiger partial charge in [0.25, 0.3) is 0 Å². The predicted molar refractivity (Wildman–Crippen MR) is 122 cm³/mol. The fourth-order valence-corrected chi connectivity index (χ4v) is 3.43. The van der Waals surface area contributed by atoms with E-state index in [-0.39, 0.29) is 29.4 Å². The van der Waals surface area contributed by atoms with E-state index >= 15 is 0 Å². The van der Waals surface area contributed by atoms with Crippen LogP contribution >= 0.6 is 35.3 Å². The van der Waals surface area contributed by atoms with Crippen molar-refractivity contribution in [3.8, 4) is 11.5 Å². The van der Waals surface area contributed by atoms with Crippen molar-refractivity contribution in [1.82, 2.24) is 4.98 Å². The monoisotopic (exact) mass is 502 g/mol. The Balaban J connectivity index is 0.00000261. The number of nitrogens with two attached hydrogens (primary N) is 1. The second-order valence-electron chi connectivity index (χ2n) is 7.25. The Morgan fingerprint density at radius 2 is 2.00 bits per heavy atom. The van der Waals surface area contributed by atoms with Gasteiger partial charge < -0.3 is 20.5 Å². The lowest BCUT2D eigenvalue weighted by molar-refractivity contribution is 0.297. The Morgan fingerprint density at radius 1 is 1.26 bits per heavy atom. The molecule has 6 nitrogen and oxygen atoms in total. The molecular formula is C19H27IN4O2S. The van der Waals surface area contributed by atoms with Gasteiger partial charge in [-0.3, -0.25) is 4.99 Å². The van der Waals surface area contributed by atoms with E-state index in [4.69, 9.17) is 15.2 Å². The molecule has 0 unspecified atom stereocenters. The van der Waals surface area contributed by atoms with Crippen LogP contribution in [0.3, 0.4) is 0 Å². The molecule has 0 saturated heterocycles. The van der Waals surface area contributed by atoms with Crippen LogP contribution in [-0.2, 0) is 11.8 Å². The number of benzene rings is 1. The number of ether oxygens (including phenoxy) is 2. The van der Waals surface area contributed by atoms with Crippen molar-refractivity contribution in [2.45, 2.75) is 39.0 Å². The molecule has 2 heterocycles. The van der Waals surface area contributed by atoms with E-state index in [1.54, 1.807) is 11.3 Å². The molecule has 27 heavy (non-hydrogen) atoms. The Kier molecular flexibility index (Phi) is 7.72. The summed E-state index contributed by atoms with van der Waals surface area (Å²) in [5.41, 5.74) is 7.98. The first-order chi connectivity index (χ1) is 12.4. The van der Waals surface area contributed by atoms with Gasteiger partial charge in [0, 0.05) is 41.9 Å². The van der Waals surface area contributed by atoms with Gasteiger partial charge in [-0.2, -0.15) is 0 Å². The van der Waals surface area contributed by atoms with Crippen molar-refractivity contribution in [2.24, 2.45) is 10.7 Å². The third-order valence-electron chi connectivity index (χ3n) is 3.86. The molecule has 8 heteroatoms. The van der Waals surface area contributed by atoms with Gasteiger partial charge >= 0.3 is 0 Å². The maximum Gasteiger partial charge on any atom is 0.193 e. The predicted octanol–water partition coefficient (Wildman–Crippen LogP) is 4.19. The summed E-state index contributed by atoms with van der Waals surface area (Å²) in [6, 6.07) is 5.69. The van der Waals surface area contributed by atoms with Crippen LogP contribution in [-0.4, -0.2) is 30.7 Å². The molecule has 0 amide bonds. The standard InChI is InChI=1S/C19H26N4O2S.HI/c1-19(2,3)17-22-14(12-26-17)7-8-21-18(20)23-13-5-6-15-16(11-13)25-10-4-9-24-15;/h5-6,11-12H,4,7-10H2,1-3H3,(H3,20,21,23);1H. The number of hydrogen-bond donors (Lipinski definition) is 2. The van der Waals surface area contributed by atoms with Gasteiger partial charge in [0.05, 0.1) is 23.9 Å². The van der Waals surface area contributed by atoms with Gasteiger partial charge in [0.1, 0.15) is 0 Å². The van der Waals surface area contributed by atoms with Gasteiger partial charge in [-0.25, -0.2) is 4.98 Å². The number of fused-ring (bicyclic) bond motifs is 1. The molecule has 0 bridgehead atoms. The number of thiazole rings is 1. The lowest BCUT2D eigenvalue weighted by Gasteiger charge is -2.13. The average Bonchev–Trinajstić information content (AvgIpc) is 2.94. The molecule has 1 aromatic carbocycles. The topological polar surface area (TPSA) is 81.8 Å². The van der Waals surface area contributed by atoms with Crippen LogP contribution in [0.5, 0.6) is 11.5 Å². The van der Waals surface area contributed by atoms with Gasteiger partial charge in [-0.15, -0.1) is 35.3 Å². The van der Waals surface area contributed by atoms with E-state index in [0.717, 1.165) is 40.7 Å². The summed E-state index contributed by atoms with van der Waals surface area (Å²) in [4.78, 5) is 9.07. The maximum atomic E-state index is 6.00. The van der Waals surface area contributed by atoms with Crippen LogP contribution in [0.2, 0.25) is 0 Å². The number of nitrogens with zero attached hydrogens (tertiary/aromatic N) is 2. The van der Waals surface area contributed by atoms with Gasteiger partial charge in [-0.1, -0.05) is 20.8 Å². The zero-order chi connectivity index (χ0) is 18.6. The summed E-state index contributed by atoms with van der Waals surface area (Å²) in [6.45, 7) is 8.44. The zero-order valence-electron chi connectivity index (χ0n) is 15.9. The molecule has 0 radical (unpaired) electrons. The molecule has 148 valence electrons. The molecule has 1 aliphatic heterocycles. The number of hydrogen-bond acceptors (Lipinski definition) is 5. The van der Waals surface area contributed by atoms with Crippen molar-refractivity contribution in [3.63, 3.8) is 0 Å². The van der Waals surface area contributed by atoms with Crippen LogP contribution in [0.1, 0.15) is 37.9 Å². The average molecular weight is 502 g/mol. The molecule has 3 N–H and O–H groups in total. The zero-order valence-corrected chi connectivity index (χ0v) is 19.1. The molecule has 1 aliphatic rings. The van der Waals surface area contributed by atoms with Crippen molar-refractivity contribution < 1.29 is 9.47 Å². The fourth-order valence-electron chi connectivity index (χ4n) is 2.49. The number of anilines is 1. The second kappa shape index (κ2) is 9.59. The highest BCUT2D eigenvalue weighted by Gasteiger charge is 2.17. The third-order valence-corrected chi connectivity index (χ3v) is 5.18. The smallest absolute Gasteiger partial charge is 0.193 e. The molecule has 0 spiro atoms. The van der Waals surface area contributed by atoms with Gasteiger partial charge in [-0.05, 0) is 12.1 Å². The van der Waals surface area contributed by atoms with Crippen LogP contribution in [0.4, 0.5) is 5.69 Å². The summed E-state index contributed by atoms with van der Waals surface area (Å²) in [7, 11) is 0. The normalized spacial score (nSPS) is 14.3. The van der Waals surface area contributed by atoms with Crippen molar-refractivity contribution in [1.29, 1.82) is 0 Å². The largest absolute Gasteiger partial charge is 0.490 e. The highest BCUT2D eigenvalue weighted by Crippen LogP contribution is 2.32. The van der Waals surface area contributed by atoms with Crippen molar-refractivity contribution >= 4 is 47.0 Å². The van der Waals surface area contributed by atoms with Crippen LogP contribution in [0.15, 0.2) is 28.6 Å². The summed E-state index contributed by atoms with van der Waals surface area (Å²) >= 11 is 1.70. The molecule has 3 rings (SSSR count). The van der Waals surface area contributed by atoms with Gasteiger partial charge in [0.2, 0.25) is 0 Å². The van der Waals surface area contributed by atoms with Crippen molar-refractivity contribution in [2.75, 3.05) is 25.1 Å². The lowest BCUT2D eigenvalue weighted by atomic mass is 9.98. The summed E-state index contributed by atoms with van der Waals surface area (Å²) in [6.07, 6.45) is 1.66. The minimum absolute atomic E-state index is 0. The van der Waals surface area contributed by atoms with E-state index in [2.05, 4.69) is 41.4 Å². The van der Waals surface area contributed by atoms with Crippen molar-refractivity contribution in [3.05, 3.63) is 34.3 Å². The fraction of sp³-hybridized carbons (Fsp3) is 0.474. The quantitative estimate of drug-likeness (QED) is 0.372. The number of rotatable bonds is 4. The third kappa shape index (κ3) is 6.24. The molecular weight excluding hydrogens is 475 g/mol. The molecule has 2 aromatic rings. The van der Waals surface area contributed by atoms with Crippen LogP contribution in [0.25, 0.3) is 0 Å². The first-order valence-corrected chi connectivity index (χ1v) is 9.71. The summed E-state index contributed by atoms with van der Waals surface area (Å²) < 4.78 is 11.3. The number of nitrogens with one attached hydrogen (secondary N) is 1. The van der Waals surface area contributed by atoms with E-state index in [9.17, 15) is 0 Å². The lowest BCUT2D eigenvalue weighted by Crippen LogP contribution is -2.23. The first kappa shape index (κ1) is 21.7. The van der Waals surface area contributed by atoms with Gasteiger partial charge in [0.15, 0.2) is 17.5 Å². The first-order valence-electron chi connectivity index (χ1n) is 8.83. The Bertz CT molecular complexity index is 786. The summed E-state index contributed by atoms with van der Waals surface area (Å²) in [5, 5.41) is 6.35. The minimum atomic E-state index is 0. The molecule has 0 aliphatic carbocycles. The van der Waals surface area contributed by atoms with E-state index in [1.807, 2.05) is 18.2 Å². The Morgan fingerprint density at radius 3 is 2.70 bits per heavy atom. The van der Waals surface area contributed by atoms with Crippen LogP contribution in [0, 0.1) is 0 Å². The second-order valence-corrected chi connectivity index (χ2v) is 8.11. The maximum absolute atomic E-state index is 6.00.